The number of hydrogen-bond acceptors (Lipinski definition) is 4. The Kier molecular flexibility index (Phi) is 6.80. The fourth-order valence-electron chi connectivity index (χ4n) is 2.23. The summed E-state index contributed by atoms with van der Waals surface area (Å²) in [6.07, 6.45) is 0.864. The summed E-state index contributed by atoms with van der Waals surface area (Å²) in [5.74, 6) is -1.16. The lowest BCUT2D eigenvalue weighted by Crippen LogP contribution is -2.17. The zero-order valence-electron chi connectivity index (χ0n) is 14.0. The number of benzene rings is 2. The number of hydrogen-bond donors (Lipinski definition) is 3. The molecule has 3 N–H and O–H groups in total. The number of carboxylic acids is 1. The standard InChI is InChI=1S/C19H18BrNO5/c1-12-5-8-14(9-6-12)21-19(25)26-17(3-2-4-18(23)24)15-11-13(20)7-10-16(15)22/h2,4-11,17,22H,3H2,1H3,(H,21,25)(H,23,24)/b4-2+/t17-/m1/s1. The van der Waals surface area contributed by atoms with E-state index in [4.69, 9.17) is 9.84 Å². The molecule has 0 saturated carbocycles. The summed E-state index contributed by atoms with van der Waals surface area (Å²) in [6, 6.07) is 11.9. The smallest absolute Gasteiger partial charge is 0.412 e. The Morgan fingerprint density at radius 2 is 1.92 bits per heavy atom. The first-order valence-corrected chi connectivity index (χ1v) is 8.56. The second-order valence-electron chi connectivity index (χ2n) is 5.56. The van der Waals surface area contributed by atoms with Crippen molar-refractivity contribution in [3.63, 3.8) is 0 Å². The predicted molar refractivity (Wildman–Crippen MR) is 101 cm³/mol. The second kappa shape index (κ2) is 9.05. The molecule has 0 aliphatic rings. The number of aryl methyl sites for hydroxylation is 1. The van der Waals surface area contributed by atoms with Crippen LogP contribution in [0.2, 0.25) is 0 Å². The van der Waals surface area contributed by atoms with Gasteiger partial charge in [-0.05, 0) is 37.3 Å². The van der Waals surface area contributed by atoms with Crippen LogP contribution >= 0.6 is 15.9 Å². The maximum Gasteiger partial charge on any atom is 0.412 e. The van der Waals surface area contributed by atoms with Gasteiger partial charge in [0.2, 0.25) is 0 Å². The topological polar surface area (TPSA) is 95.9 Å². The predicted octanol–water partition coefficient (Wildman–Crippen LogP) is 4.78. The van der Waals surface area contributed by atoms with Crippen molar-refractivity contribution in [2.24, 2.45) is 0 Å². The first-order chi connectivity index (χ1) is 12.3. The number of phenolic OH excluding ortho intramolecular Hbond substituents is 1. The van der Waals surface area contributed by atoms with E-state index in [1.807, 2.05) is 19.1 Å². The van der Waals surface area contributed by atoms with E-state index in [1.165, 1.54) is 12.1 Å². The number of nitrogens with one attached hydrogen (secondary N) is 1. The van der Waals surface area contributed by atoms with Crippen LogP contribution in [0.25, 0.3) is 0 Å². The van der Waals surface area contributed by atoms with Gasteiger partial charge in [0.05, 0.1) is 0 Å². The number of amides is 1. The van der Waals surface area contributed by atoms with Crippen LogP contribution in [-0.2, 0) is 9.53 Å². The summed E-state index contributed by atoms with van der Waals surface area (Å²) in [5.41, 5.74) is 1.99. The summed E-state index contributed by atoms with van der Waals surface area (Å²) in [4.78, 5) is 22.9. The monoisotopic (exact) mass is 419 g/mol. The average Bonchev–Trinajstić information content (AvgIpc) is 2.58. The lowest BCUT2D eigenvalue weighted by Gasteiger charge is -2.18. The van der Waals surface area contributed by atoms with E-state index in [1.54, 1.807) is 24.3 Å². The third kappa shape index (κ3) is 5.93. The Bertz CT molecular complexity index is 817. The highest BCUT2D eigenvalue weighted by Crippen LogP contribution is 2.32. The van der Waals surface area contributed by atoms with Crippen molar-refractivity contribution in [3.8, 4) is 5.75 Å². The highest BCUT2D eigenvalue weighted by molar-refractivity contribution is 9.10. The number of carbonyl (C=O) groups excluding carboxylic acids is 1. The van der Waals surface area contributed by atoms with E-state index >= 15 is 0 Å². The van der Waals surface area contributed by atoms with Gasteiger partial charge in [0, 0.05) is 28.2 Å². The van der Waals surface area contributed by atoms with E-state index in [-0.39, 0.29) is 12.2 Å². The van der Waals surface area contributed by atoms with Crippen molar-refractivity contribution in [1.82, 2.24) is 0 Å². The molecular formula is C19H18BrNO5. The van der Waals surface area contributed by atoms with Gasteiger partial charge >= 0.3 is 12.1 Å². The van der Waals surface area contributed by atoms with Gasteiger partial charge in [0.1, 0.15) is 11.9 Å². The van der Waals surface area contributed by atoms with E-state index in [9.17, 15) is 14.7 Å². The van der Waals surface area contributed by atoms with Gasteiger partial charge in [-0.15, -0.1) is 0 Å². The first kappa shape index (κ1) is 19.5. The molecule has 1 amide bonds. The van der Waals surface area contributed by atoms with Gasteiger partial charge in [-0.2, -0.15) is 0 Å². The molecule has 0 heterocycles. The molecular weight excluding hydrogens is 402 g/mol. The van der Waals surface area contributed by atoms with Crippen molar-refractivity contribution in [2.45, 2.75) is 19.4 Å². The van der Waals surface area contributed by atoms with Crippen molar-refractivity contribution in [3.05, 3.63) is 70.2 Å². The second-order valence-corrected chi connectivity index (χ2v) is 6.48. The van der Waals surface area contributed by atoms with Crippen LogP contribution in [0.3, 0.4) is 0 Å². The molecule has 2 aromatic rings. The van der Waals surface area contributed by atoms with E-state index in [0.717, 1.165) is 11.6 Å². The number of anilines is 1. The maximum atomic E-state index is 12.2. The minimum Gasteiger partial charge on any atom is -0.508 e. The molecule has 0 fully saturated rings. The Morgan fingerprint density at radius 1 is 1.23 bits per heavy atom. The van der Waals surface area contributed by atoms with E-state index in [2.05, 4.69) is 21.2 Å². The number of halogens is 1. The fraction of sp³-hybridized carbons (Fsp3) is 0.158. The highest BCUT2D eigenvalue weighted by atomic mass is 79.9. The first-order valence-electron chi connectivity index (χ1n) is 7.77. The largest absolute Gasteiger partial charge is 0.508 e. The molecule has 0 aliphatic heterocycles. The molecule has 2 aromatic carbocycles. The summed E-state index contributed by atoms with van der Waals surface area (Å²) >= 11 is 3.30. The summed E-state index contributed by atoms with van der Waals surface area (Å²) in [6.45, 7) is 1.93. The lowest BCUT2D eigenvalue weighted by molar-refractivity contribution is -0.131. The molecule has 2 rings (SSSR count). The van der Waals surface area contributed by atoms with Gasteiger partial charge in [-0.3, -0.25) is 5.32 Å². The fourth-order valence-corrected chi connectivity index (χ4v) is 2.61. The number of aliphatic carboxylic acids is 1. The third-order valence-corrected chi connectivity index (χ3v) is 3.99. The van der Waals surface area contributed by atoms with Crippen LogP contribution in [0, 0.1) is 6.92 Å². The molecule has 6 nitrogen and oxygen atoms in total. The molecule has 136 valence electrons. The Labute approximate surface area is 159 Å². The van der Waals surface area contributed by atoms with Gasteiger partial charge in [-0.1, -0.05) is 39.7 Å². The molecule has 0 saturated heterocycles. The molecule has 0 aliphatic carbocycles. The maximum absolute atomic E-state index is 12.2. The van der Waals surface area contributed by atoms with Crippen LogP contribution in [0.1, 0.15) is 23.7 Å². The molecule has 0 unspecified atom stereocenters. The van der Waals surface area contributed by atoms with Crippen molar-refractivity contribution < 1.29 is 24.5 Å². The third-order valence-electron chi connectivity index (χ3n) is 3.49. The zero-order valence-corrected chi connectivity index (χ0v) is 15.6. The number of rotatable bonds is 6. The minimum absolute atomic E-state index is 0.0509. The Hall–Kier alpha value is -2.80. The quantitative estimate of drug-likeness (QED) is 0.585. The molecule has 0 spiro atoms. The summed E-state index contributed by atoms with van der Waals surface area (Å²) in [7, 11) is 0. The minimum atomic E-state index is -1.11. The van der Waals surface area contributed by atoms with Crippen LogP contribution in [0.15, 0.2) is 59.1 Å². The number of ether oxygens (including phenoxy) is 1. The Morgan fingerprint density at radius 3 is 2.58 bits per heavy atom. The number of carbonyl (C=O) groups is 2. The summed E-state index contributed by atoms with van der Waals surface area (Å²) in [5, 5.41) is 21.4. The molecule has 0 radical (unpaired) electrons. The molecule has 26 heavy (non-hydrogen) atoms. The molecule has 7 heteroatoms. The van der Waals surface area contributed by atoms with Crippen molar-refractivity contribution in [2.75, 3.05) is 5.32 Å². The molecule has 0 aromatic heterocycles. The van der Waals surface area contributed by atoms with E-state index < -0.39 is 18.2 Å². The number of phenols is 1. The van der Waals surface area contributed by atoms with Crippen LogP contribution in [0.5, 0.6) is 5.75 Å². The van der Waals surface area contributed by atoms with Crippen LogP contribution in [0.4, 0.5) is 10.5 Å². The van der Waals surface area contributed by atoms with Crippen molar-refractivity contribution >= 4 is 33.7 Å². The Balaban J connectivity index is 2.17. The van der Waals surface area contributed by atoms with Crippen molar-refractivity contribution in [1.29, 1.82) is 0 Å². The normalized spacial score (nSPS) is 11.9. The van der Waals surface area contributed by atoms with Gasteiger partial charge in [0.25, 0.3) is 0 Å². The zero-order chi connectivity index (χ0) is 19.1. The molecule has 1 atom stereocenters. The van der Waals surface area contributed by atoms with Gasteiger partial charge in [-0.25, -0.2) is 9.59 Å². The highest BCUT2D eigenvalue weighted by Gasteiger charge is 2.20. The SMILES string of the molecule is Cc1ccc(NC(=O)O[C@H](C/C=C/C(=O)O)c2cc(Br)ccc2O)cc1. The van der Waals surface area contributed by atoms with E-state index in [0.29, 0.717) is 15.7 Å². The van der Waals surface area contributed by atoms with Crippen LogP contribution in [-0.4, -0.2) is 22.3 Å². The summed E-state index contributed by atoms with van der Waals surface area (Å²) < 4.78 is 6.11. The number of carboxylic acid groups (broad SMARTS) is 1. The van der Waals surface area contributed by atoms with Crippen LogP contribution < -0.4 is 5.32 Å². The van der Waals surface area contributed by atoms with Gasteiger partial charge in [0.15, 0.2) is 0 Å². The lowest BCUT2D eigenvalue weighted by atomic mass is 10.1. The average molecular weight is 420 g/mol. The number of aromatic hydroxyl groups is 1. The van der Waals surface area contributed by atoms with Gasteiger partial charge < -0.3 is 14.9 Å². The molecule has 0 bridgehead atoms.